The van der Waals surface area contributed by atoms with E-state index in [0.717, 1.165) is 32.0 Å². The zero-order chi connectivity index (χ0) is 14.2. The van der Waals surface area contributed by atoms with Gasteiger partial charge in [-0.25, -0.2) is 0 Å². The first-order valence-electron chi connectivity index (χ1n) is 6.94. The molecule has 3 heterocycles. The Bertz CT molecular complexity index is 447. The number of piperazine rings is 1. The third kappa shape index (κ3) is 4.28. The average molecular weight is 273 g/mol. The molecule has 0 aliphatic carbocycles. The Labute approximate surface area is 120 Å². The average Bonchev–Trinajstić information content (AvgIpc) is 2.99. The predicted octanol–water partition coefficient (Wildman–Crippen LogP) is 1.89. The van der Waals surface area contributed by atoms with Crippen molar-refractivity contribution < 1.29 is 0 Å². The molecule has 0 atom stereocenters. The predicted molar refractivity (Wildman–Crippen MR) is 84.3 cm³/mol. The largest absolute Gasteiger partial charge is 0.375 e. The van der Waals surface area contributed by atoms with Crippen molar-refractivity contribution in [3.05, 3.63) is 42.9 Å². The van der Waals surface area contributed by atoms with Crippen LogP contribution >= 0.6 is 0 Å². The van der Waals surface area contributed by atoms with Crippen molar-refractivity contribution in [2.45, 2.75) is 0 Å². The van der Waals surface area contributed by atoms with Crippen LogP contribution in [0.1, 0.15) is 0 Å². The fourth-order valence-corrected chi connectivity index (χ4v) is 2.09. The lowest BCUT2D eigenvalue weighted by Crippen LogP contribution is -2.44. The smallest absolute Gasteiger partial charge is 0.105 e. The van der Waals surface area contributed by atoms with E-state index in [4.69, 9.17) is 0 Å². The Balaban J connectivity index is 0.000000205. The number of H-pyrrole nitrogens is 1. The summed E-state index contributed by atoms with van der Waals surface area (Å²) in [6.45, 7) is 4.55. The highest BCUT2D eigenvalue weighted by atomic mass is 15.3. The van der Waals surface area contributed by atoms with Crippen LogP contribution in [-0.2, 0) is 0 Å². The number of aromatic amines is 1. The first kappa shape index (κ1) is 14.4. The van der Waals surface area contributed by atoms with Crippen molar-refractivity contribution in [3.8, 4) is 0 Å². The molecule has 0 saturated carbocycles. The minimum absolute atomic E-state index is 1.08. The van der Waals surface area contributed by atoms with Gasteiger partial charge in [-0.1, -0.05) is 6.07 Å². The quantitative estimate of drug-likeness (QED) is 0.877. The first-order valence-corrected chi connectivity index (χ1v) is 6.94. The van der Waals surface area contributed by atoms with E-state index >= 15 is 0 Å². The van der Waals surface area contributed by atoms with Crippen LogP contribution in [0.5, 0.6) is 0 Å². The van der Waals surface area contributed by atoms with E-state index in [-0.39, 0.29) is 0 Å². The molecule has 0 bridgehead atoms. The highest BCUT2D eigenvalue weighted by molar-refractivity contribution is 5.55. The summed E-state index contributed by atoms with van der Waals surface area (Å²) in [5.74, 6) is 1.08. The van der Waals surface area contributed by atoms with Crippen molar-refractivity contribution in [2.75, 3.05) is 50.5 Å². The first-order chi connectivity index (χ1) is 9.79. The number of aromatic nitrogens is 2. The lowest BCUT2D eigenvalue weighted by atomic mass is 10.3. The Hall–Kier alpha value is -2.01. The SMILES string of the molecule is CNc1cc(N2CCN(C)CC2)c[nH]1.c1ccncc1. The Morgan fingerprint density at radius 2 is 1.80 bits per heavy atom. The molecule has 5 nitrogen and oxygen atoms in total. The van der Waals surface area contributed by atoms with Crippen LogP contribution in [0.25, 0.3) is 0 Å². The van der Waals surface area contributed by atoms with Crippen LogP contribution in [0.4, 0.5) is 11.5 Å². The van der Waals surface area contributed by atoms with Crippen molar-refractivity contribution in [1.82, 2.24) is 14.9 Å². The second kappa shape index (κ2) is 7.55. The van der Waals surface area contributed by atoms with Gasteiger partial charge in [0.2, 0.25) is 0 Å². The summed E-state index contributed by atoms with van der Waals surface area (Å²) in [5.41, 5.74) is 1.29. The number of anilines is 2. The van der Waals surface area contributed by atoms with Crippen LogP contribution in [0, 0.1) is 0 Å². The van der Waals surface area contributed by atoms with Crippen molar-refractivity contribution in [3.63, 3.8) is 0 Å². The molecule has 5 heteroatoms. The molecular weight excluding hydrogens is 250 g/mol. The molecule has 1 aliphatic heterocycles. The molecule has 2 aromatic rings. The van der Waals surface area contributed by atoms with Crippen LogP contribution < -0.4 is 10.2 Å². The van der Waals surface area contributed by atoms with Gasteiger partial charge in [-0.3, -0.25) is 4.98 Å². The molecule has 2 N–H and O–H groups in total. The highest BCUT2D eigenvalue weighted by Gasteiger charge is 2.14. The lowest BCUT2D eigenvalue weighted by molar-refractivity contribution is 0.313. The van der Waals surface area contributed by atoms with Crippen LogP contribution in [0.2, 0.25) is 0 Å². The molecule has 0 radical (unpaired) electrons. The zero-order valence-electron chi connectivity index (χ0n) is 12.2. The maximum Gasteiger partial charge on any atom is 0.105 e. The maximum absolute atomic E-state index is 3.78. The van der Waals surface area contributed by atoms with E-state index in [0.29, 0.717) is 0 Å². The van der Waals surface area contributed by atoms with E-state index in [9.17, 15) is 0 Å². The van der Waals surface area contributed by atoms with E-state index in [1.54, 1.807) is 12.4 Å². The second-order valence-corrected chi connectivity index (χ2v) is 4.84. The fraction of sp³-hybridized carbons (Fsp3) is 0.400. The fourth-order valence-electron chi connectivity index (χ4n) is 2.09. The summed E-state index contributed by atoms with van der Waals surface area (Å²) in [5, 5.41) is 3.10. The Morgan fingerprint density at radius 1 is 1.10 bits per heavy atom. The number of hydrogen-bond donors (Lipinski definition) is 2. The molecule has 1 aliphatic rings. The third-order valence-corrected chi connectivity index (χ3v) is 3.37. The van der Waals surface area contributed by atoms with Gasteiger partial charge in [0.15, 0.2) is 0 Å². The molecule has 1 saturated heterocycles. The van der Waals surface area contributed by atoms with E-state index in [1.807, 2.05) is 25.2 Å². The van der Waals surface area contributed by atoms with E-state index < -0.39 is 0 Å². The van der Waals surface area contributed by atoms with Crippen LogP contribution in [0.15, 0.2) is 42.9 Å². The maximum atomic E-state index is 3.78. The summed E-state index contributed by atoms with van der Waals surface area (Å²) in [7, 11) is 4.10. The van der Waals surface area contributed by atoms with E-state index in [2.05, 4.69) is 44.4 Å². The highest BCUT2D eigenvalue weighted by Crippen LogP contribution is 2.19. The van der Waals surface area contributed by atoms with Gasteiger partial charge in [-0.2, -0.15) is 0 Å². The normalized spacial score (nSPS) is 15.4. The van der Waals surface area contributed by atoms with Gasteiger partial charge in [-0.05, 0) is 19.2 Å². The Kier molecular flexibility index (Phi) is 5.43. The Morgan fingerprint density at radius 3 is 2.25 bits per heavy atom. The van der Waals surface area contributed by atoms with Crippen molar-refractivity contribution in [2.24, 2.45) is 0 Å². The number of pyridine rings is 1. The van der Waals surface area contributed by atoms with E-state index in [1.165, 1.54) is 5.69 Å². The molecule has 108 valence electrons. The minimum Gasteiger partial charge on any atom is -0.375 e. The molecule has 3 rings (SSSR count). The number of likely N-dealkylation sites (N-methyl/N-ethyl adjacent to an activating group) is 1. The molecule has 0 spiro atoms. The molecule has 1 fully saturated rings. The summed E-state index contributed by atoms with van der Waals surface area (Å²) in [6.07, 6.45) is 5.57. The third-order valence-electron chi connectivity index (χ3n) is 3.37. The molecule has 0 amide bonds. The standard InChI is InChI=1S/C10H18N4.C5H5N/c1-11-10-7-9(8-12-10)14-5-3-13(2)4-6-14;1-2-4-6-5-3-1/h7-8,11-12H,3-6H2,1-2H3;1-5H. The van der Waals surface area contributed by atoms with Crippen LogP contribution in [0.3, 0.4) is 0 Å². The van der Waals surface area contributed by atoms with Crippen molar-refractivity contribution >= 4 is 11.5 Å². The van der Waals surface area contributed by atoms with Gasteiger partial charge in [0.25, 0.3) is 0 Å². The molecule has 2 aromatic heterocycles. The summed E-state index contributed by atoms with van der Waals surface area (Å²) >= 11 is 0. The van der Waals surface area contributed by atoms with Gasteiger partial charge < -0.3 is 20.1 Å². The van der Waals surface area contributed by atoms with Crippen LogP contribution in [-0.4, -0.2) is 55.1 Å². The summed E-state index contributed by atoms with van der Waals surface area (Å²) in [4.78, 5) is 11.8. The van der Waals surface area contributed by atoms with Gasteiger partial charge in [-0.15, -0.1) is 0 Å². The topological polar surface area (TPSA) is 47.2 Å². The number of rotatable bonds is 2. The summed E-state index contributed by atoms with van der Waals surface area (Å²) < 4.78 is 0. The lowest BCUT2D eigenvalue weighted by Gasteiger charge is -2.33. The number of hydrogen-bond acceptors (Lipinski definition) is 4. The molecule has 0 unspecified atom stereocenters. The van der Waals surface area contributed by atoms with Gasteiger partial charge >= 0.3 is 0 Å². The minimum atomic E-state index is 1.08. The molecule has 20 heavy (non-hydrogen) atoms. The number of nitrogens with zero attached hydrogens (tertiary/aromatic N) is 3. The zero-order valence-corrected chi connectivity index (χ0v) is 12.2. The van der Waals surface area contributed by atoms with Gasteiger partial charge in [0.05, 0.1) is 5.69 Å². The monoisotopic (exact) mass is 273 g/mol. The second-order valence-electron chi connectivity index (χ2n) is 4.84. The van der Waals surface area contributed by atoms with Gasteiger partial charge in [0, 0.05) is 57.9 Å². The molecular formula is C15H23N5. The number of nitrogens with one attached hydrogen (secondary N) is 2. The van der Waals surface area contributed by atoms with Crippen molar-refractivity contribution in [1.29, 1.82) is 0 Å². The van der Waals surface area contributed by atoms with Gasteiger partial charge in [0.1, 0.15) is 5.82 Å². The molecule has 0 aromatic carbocycles. The summed E-state index contributed by atoms with van der Waals surface area (Å²) in [6, 6.07) is 7.87.